The first-order valence-corrected chi connectivity index (χ1v) is 3.87. The third-order valence-corrected chi connectivity index (χ3v) is 1.69. The van der Waals surface area contributed by atoms with E-state index in [-0.39, 0.29) is 10.8 Å². The molecule has 0 aromatic carbocycles. The van der Waals surface area contributed by atoms with Crippen LogP contribution < -0.4 is 0 Å². The molecule has 0 saturated carbocycles. The highest BCUT2D eigenvalue weighted by Gasteiger charge is 2.15. The van der Waals surface area contributed by atoms with Gasteiger partial charge in [0.15, 0.2) is 5.15 Å². The molecule has 0 aliphatic rings. The Morgan fingerprint density at radius 3 is 2.83 bits per heavy atom. The van der Waals surface area contributed by atoms with Gasteiger partial charge in [0.25, 0.3) is 0 Å². The molecule has 0 saturated heterocycles. The normalized spacial score (nSPS) is 10.2. The number of aromatic nitrogens is 3. The first kappa shape index (κ1) is 8.99. The van der Waals surface area contributed by atoms with Crippen LogP contribution in [0, 0.1) is 0 Å². The Bertz CT molecular complexity index is 297. The van der Waals surface area contributed by atoms with Crippen LogP contribution in [0.3, 0.4) is 0 Å². The highest BCUT2D eigenvalue weighted by atomic mass is 35.5. The van der Waals surface area contributed by atoms with Gasteiger partial charge in [-0.3, -0.25) is 0 Å². The Labute approximate surface area is 73.9 Å². The second kappa shape index (κ2) is 3.53. The lowest BCUT2D eigenvalue weighted by atomic mass is 10.4. The Morgan fingerprint density at radius 1 is 1.75 bits per heavy atom. The third kappa shape index (κ3) is 1.55. The first-order valence-electron chi connectivity index (χ1n) is 3.49. The minimum Gasteiger partial charge on any atom is -0.476 e. The van der Waals surface area contributed by atoms with Gasteiger partial charge in [-0.1, -0.05) is 23.7 Å². The molecule has 12 heavy (non-hydrogen) atoms. The van der Waals surface area contributed by atoms with Crippen molar-refractivity contribution >= 4 is 17.6 Å². The summed E-state index contributed by atoms with van der Waals surface area (Å²) in [7, 11) is 0. The van der Waals surface area contributed by atoms with Crippen molar-refractivity contribution in [3.8, 4) is 0 Å². The number of nitrogens with zero attached hydrogens (tertiary/aromatic N) is 3. The van der Waals surface area contributed by atoms with Gasteiger partial charge in [0, 0.05) is 6.54 Å². The molecule has 66 valence electrons. The SMILES string of the molecule is CCCn1nnc(C(=O)O)c1Cl. The summed E-state index contributed by atoms with van der Waals surface area (Å²) < 4.78 is 1.37. The number of aromatic carboxylic acids is 1. The summed E-state index contributed by atoms with van der Waals surface area (Å²) in [4.78, 5) is 10.4. The van der Waals surface area contributed by atoms with Gasteiger partial charge in [-0.25, -0.2) is 9.48 Å². The quantitative estimate of drug-likeness (QED) is 0.772. The van der Waals surface area contributed by atoms with Crippen LogP contribution >= 0.6 is 11.6 Å². The van der Waals surface area contributed by atoms with Gasteiger partial charge < -0.3 is 5.11 Å². The third-order valence-electron chi connectivity index (χ3n) is 1.31. The van der Waals surface area contributed by atoms with Crippen LogP contribution in [0.4, 0.5) is 0 Å². The summed E-state index contributed by atoms with van der Waals surface area (Å²) in [6, 6.07) is 0. The Balaban J connectivity index is 2.96. The number of hydrogen-bond acceptors (Lipinski definition) is 3. The summed E-state index contributed by atoms with van der Waals surface area (Å²) in [5.74, 6) is -1.15. The van der Waals surface area contributed by atoms with Crippen LogP contribution in [0.2, 0.25) is 5.15 Å². The molecular formula is C6H8ClN3O2. The number of carbonyl (C=O) groups is 1. The summed E-state index contributed by atoms with van der Waals surface area (Å²) in [6.45, 7) is 2.53. The monoisotopic (exact) mass is 189 g/mol. The zero-order valence-corrected chi connectivity index (χ0v) is 7.25. The van der Waals surface area contributed by atoms with E-state index in [0.717, 1.165) is 6.42 Å². The van der Waals surface area contributed by atoms with Crippen molar-refractivity contribution in [2.45, 2.75) is 19.9 Å². The van der Waals surface area contributed by atoms with Gasteiger partial charge >= 0.3 is 5.97 Å². The largest absolute Gasteiger partial charge is 0.476 e. The molecule has 1 rings (SSSR count). The maximum Gasteiger partial charge on any atom is 0.359 e. The second-order valence-corrected chi connectivity index (χ2v) is 2.62. The summed E-state index contributed by atoms with van der Waals surface area (Å²) in [6.07, 6.45) is 0.835. The molecule has 0 bridgehead atoms. The minimum atomic E-state index is -1.15. The van der Waals surface area contributed by atoms with E-state index in [9.17, 15) is 4.79 Å². The minimum absolute atomic E-state index is 0.0874. The molecular weight excluding hydrogens is 182 g/mol. The number of rotatable bonds is 3. The average Bonchev–Trinajstić information content (AvgIpc) is 2.34. The molecule has 0 unspecified atom stereocenters. The predicted molar refractivity (Wildman–Crippen MR) is 42.3 cm³/mol. The first-order chi connectivity index (χ1) is 5.66. The predicted octanol–water partition coefficient (Wildman–Crippen LogP) is 1.04. The smallest absolute Gasteiger partial charge is 0.359 e. The second-order valence-electron chi connectivity index (χ2n) is 2.26. The van der Waals surface area contributed by atoms with Gasteiger partial charge in [0.05, 0.1) is 0 Å². The van der Waals surface area contributed by atoms with Crippen LogP contribution in [-0.2, 0) is 6.54 Å². The number of aryl methyl sites for hydroxylation is 1. The maximum atomic E-state index is 10.4. The van der Waals surface area contributed by atoms with Crippen LogP contribution in [0.25, 0.3) is 0 Å². The molecule has 1 aromatic heterocycles. The fourth-order valence-electron chi connectivity index (χ4n) is 0.787. The van der Waals surface area contributed by atoms with Crippen molar-refractivity contribution in [2.75, 3.05) is 0 Å². The molecule has 1 aromatic rings. The highest BCUT2D eigenvalue weighted by molar-refractivity contribution is 6.32. The van der Waals surface area contributed by atoms with E-state index < -0.39 is 5.97 Å². The number of carboxylic acid groups (broad SMARTS) is 1. The Morgan fingerprint density at radius 2 is 2.42 bits per heavy atom. The number of halogens is 1. The zero-order valence-electron chi connectivity index (χ0n) is 6.49. The fraction of sp³-hybridized carbons (Fsp3) is 0.500. The van der Waals surface area contributed by atoms with Crippen molar-refractivity contribution in [3.05, 3.63) is 10.8 Å². The highest BCUT2D eigenvalue weighted by Crippen LogP contribution is 2.12. The molecule has 1 heterocycles. The van der Waals surface area contributed by atoms with E-state index in [4.69, 9.17) is 16.7 Å². The number of hydrogen-bond donors (Lipinski definition) is 1. The Hall–Kier alpha value is -1.10. The van der Waals surface area contributed by atoms with E-state index >= 15 is 0 Å². The van der Waals surface area contributed by atoms with Gasteiger partial charge in [-0.15, -0.1) is 5.10 Å². The number of carboxylic acids is 1. The topological polar surface area (TPSA) is 68.0 Å². The maximum absolute atomic E-state index is 10.4. The van der Waals surface area contributed by atoms with Crippen molar-refractivity contribution in [3.63, 3.8) is 0 Å². The summed E-state index contributed by atoms with van der Waals surface area (Å²) >= 11 is 5.66. The lowest BCUT2D eigenvalue weighted by Gasteiger charge is -1.96. The van der Waals surface area contributed by atoms with Crippen LogP contribution in [-0.4, -0.2) is 26.1 Å². The van der Waals surface area contributed by atoms with E-state index in [0.29, 0.717) is 6.54 Å². The van der Waals surface area contributed by atoms with Gasteiger partial charge in [0.1, 0.15) is 0 Å². The van der Waals surface area contributed by atoms with Gasteiger partial charge in [-0.05, 0) is 6.42 Å². The molecule has 5 nitrogen and oxygen atoms in total. The van der Waals surface area contributed by atoms with Crippen LogP contribution in [0.5, 0.6) is 0 Å². The molecule has 0 amide bonds. The lowest BCUT2D eigenvalue weighted by Crippen LogP contribution is -2.00. The van der Waals surface area contributed by atoms with E-state index in [1.165, 1.54) is 4.68 Å². The molecule has 0 aliphatic carbocycles. The average molecular weight is 190 g/mol. The molecule has 1 N–H and O–H groups in total. The zero-order chi connectivity index (χ0) is 9.14. The van der Waals surface area contributed by atoms with E-state index in [1.54, 1.807) is 0 Å². The Kier molecular flexibility index (Phi) is 2.65. The van der Waals surface area contributed by atoms with Crippen molar-refractivity contribution in [1.82, 2.24) is 15.0 Å². The fourth-order valence-corrected chi connectivity index (χ4v) is 1.02. The van der Waals surface area contributed by atoms with Crippen molar-refractivity contribution < 1.29 is 9.90 Å². The molecule has 0 spiro atoms. The van der Waals surface area contributed by atoms with Gasteiger partial charge in [0.2, 0.25) is 5.69 Å². The molecule has 0 atom stereocenters. The standard InChI is InChI=1S/C6H8ClN3O2/c1-2-3-10-5(7)4(6(11)12)8-9-10/h2-3H2,1H3,(H,11,12). The van der Waals surface area contributed by atoms with Gasteiger partial charge in [-0.2, -0.15) is 0 Å². The molecule has 0 aliphatic heterocycles. The van der Waals surface area contributed by atoms with Crippen LogP contribution in [0.1, 0.15) is 23.8 Å². The summed E-state index contributed by atoms with van der Waals surface area (Å²) in [5.41, 5.74) is -0.190. The van der Waals surface area contributed by atoms with Crippen LogP contribution in [0.15, 0.2) is 0 Å². The van der Waals surface area contributed by atoms with E-state index in [1.807, 2.05) is 6.92 Å². The lowest BCUT2D eigenvalue weighted by molar-refractivity contribution is 0.0690. The van der Waals surface area contributed by atoms with Crippen molar-refractivity contribution in [2.24, 2.45) is 0 Å². The van der Waals surface area contributed by atoms with E-state index in [2.05, 4.69) is 10.3 Å². The van der Waals surface area contributed by atoms with Crippen molar-refractivity contribution in [1.29, 1.82) is 0 Å². The molecule has 0 fully saturated rings. The molecule has 6 heteroatoms. The molecule has 0 radical (unpaired) electrons. The summed E-state index contributed by atoms with van der Waals surface area (Å²) in [5, 5.41) is 15.6.